The van der Waals surface area contributed by atoms with Gasteiger partial charge < -0.3 is 28.5 Å². The van der Waals surface area contributed by atoms with E-state index in [9.17, 15) is 19.5 Å². The SMILES string of the molecule is CC/C=C\C/C=C\C/C=C\C/C=C\C/C=C\C/C=C\C/C=C\CCCCCCCCCCCCCCCCCCCC(=O)OC(COC(=O)CCCCCCC)COC(OCC[N+](C)(C)C)C(=O)O. The number of quaternary nitrogens is 1. The van der Waals surface area contributed by atoms with Crippen molar-refractivity contribution in [1.82, 2.24) is 0 Å². The Bertz CT molecular complexity index is 1400. The van der Waals surface area contributed by atoms with Crippen LogP contribution in [0.1, 0.15) is 219 Å². The van der Waals surface area contributed by atoms with Crippen LogP contribution in [0.15, 0.2) is 85.1 Å². The predicted molar refractivity (Wildman–Crippen MR) is 290 cm³/mol. The zero-order valence-electron chi connectivity index (χ0n) is 44.9. The number of carbonyl (C=O) groups is 3. The minimum Gasteiger partial charge on any atom is -0.477 e. The van der Waals surface area contributed by atoms with E-state index in [1.807, 2.05) is 21.1 Å². The lowest BCUT2D eigenvalue weighted by atomic mass is 10.0. The molecule has 0 spiro atoms. The number of esters is 2. The van der Waals surface area contributed by atoms with Gasteiger partial charge in [0.2, 0.25) is 0 Å². The van der Waals surface area contributed by atoms with Gasteiger partial charge in [-0.3, -0.25) is 9.59 Å². The maximum atomic E-state index is 12.7. The van der Waals surface area contributed by atoms with Crippen molar-refractivity contribution in [2.24, 2.45) is 0 Å². The van der Waals surface area contributed by atoms with Gasteiger partial charge in [-0.15, -0.1) is 0 Å². The Morgan fingerprint density at radius 2 is 0.826 bits per heavy atom. The zero-order chi connectivity index (χ0) is 50.6. The molecule has 0 heterocycles. The van der Waals surface area contributed by atoms with Crippen LogP contribution >= 0.6 is 0 Å². The van der Waals surface area contributed by atoms with Crippen LogP contribution in [0.2, 0.25) is 0 Å². The number of nitrogens with zero attached hydrogens (tertiary/aromatic N) is 1. The molecule has 396 valence electrons. The number of aliphatic carboxylic acids is 1. The van der Waals surface area contributed by atoms with Crippen LogP contribution < -0.4 is 0 Å². The number of ether oxygens (including phenoxy) is 4. The molecule has 0 aliphatic heterocycles. The van der Waals surface area contributed by atoms with Crippen molar-refractivity contribution in [3.63, 3.8) is 0 Å². The summed E-state index contributed by atoms with van der Waals surface area (Å²) >= 11 is 0. The number of rotatable bonds is 50. The van der Waals surface area contributed by atoms with Gasteiger partial charge >= 0.3 is 17.9 Å². The minimum atomic E-state index is -1.51. The molecule has 69 heavy (non-hydrogen) atoms. The van der Waals surface area contributed by atoms with Crippen molar-refractivity contribution in [3.8, 4) is 0 Å². The summed E-state index contributed by atoms with van der Waals surface area (Å²) in [4.78, 5) is 36.9. The van der Waals surface area contributed by atoms with Gasteiger partial charge in [0, 0.05) is 12.8 Å². The summed E-state index contributed by atoms with van der Waals surface area (Å²) in [5, 5.41) is 9.61. The molecule has 2 unspecified atom stereocenters. The molecular formula is C60H104NO8+. The van der Waals surface area contributed by atoms with E-state index in [0.29, 0.717) is 17.4 Å². The number of likely N-dealkylation sites (N-methyl/N-ethyl adjacent to an activating group) is 1. The zero-order valence-corrected chi connectivity index (χ0v) is 44.9. The summed E-state index contributed by atoms with van der Waals surface area (Å²) in [6.45, 7) is 4.66. The van der Waals surface area contributed by atoms with Crippen LogP contribution in [0.25, 0.3) is 0 Å². The van der Waals surface area contributed by atoms with Crippen molar-refractivity contribution in [1.29, 1.82) is 0 Å². The molecule has 0 aliphatic rings. The maximum Gasteiger partial charge on any atom is 0.361 e. The van der Waals surface area contributed by atoms with Gasteiger partial charge in [0.15, 0.2) is 6.10 Å². The Kier molecular flexibility index (Phi) is 48.2. The van der Waals surface area contributed by atoms with Crippen LogP contribution in [-0.4, -0.2) is 87.4 Å². The number of hydrogen-bond acceptors (Lipinski definition) is 7. The normalized spacial score (nSPS) is 13.5. The molecule has 0 bridgehead atoms. The monoisotopic (exact) mass is 967 g/mol. The first-order chi connectivity index (χ1) is 33.6. The number of hydrogen-bond donors (Lipinski definition) is 1. The van der Waals surface area contributed by atoms with Crippen molar-refractivity contribution in [3.05, 3.63) is 85.1 Å². The lowest BCUT2D eigenvalue weighted by molar-refractivity contribution is -0.870. The van der Waals surface area contributed by atoms with E-state index in [0.717, 1.165) is 96.3 Å². The van der Waals surface area contributed by atoms with Gasteiger partial charge in [0.1, 0.15) is 13.2 Å². The first kappa shape index (κ1) is 65.5. The predicted octanol–water partition coefficient (Wildman–Crippen LogP) is 16.0. The van der Waals surface area contributed by atoms with Gasteiger partial charge in [-0.05, 0) is 70.6 Å². The van der Waals surface area contributed by atoms with Crippen LogP contribution in [0, 0.1) is 0 Å². The van der Waals surface area contributed by atoms with E-state index in [1.54, 1.807) is 0 Å². The number of carboxylic acids is 1. The third kappa shape index (κ3) is 52.1. The Hall–Kier alpha value is -3.53. The summed E-state index contributed by atoms with van der Waals surface area (Å²) in [5.74, 6) is -2.02. The second-order valence-electron chi connectivity index (χ2n) is 19.5. The van der Waals surface area contributed by atoms with Gasteiger partial charge in [0.05, 0.1) is 34.4 Å². The van der Waals surface area contributed by atoms with Crippen LogP contribution in [0.3, 0.4) is 0 Å². The maximum absolute atomic E-state index is 12.7. The Labute approximate surface area is 423 Å². The van der Waals surface area contributed by atoms with Crippen molar-refractivity contribution < 1.29 is 42.9 Å². The molecule has 9 heteroatoms. The average Bonchev–Trinajstić information content (AvgIpc) is 3.31. The minimum absolute atomic E-state index is 0.183. The van der Waals surface area contributed by atoms with Crippen molar-refractivity contribution in [2.45, 2.75) is 232 Å². The number of allylic oxidation sites excluding steroid dienone is 14. The smallest absolute Gasteiger partial charge is 0.361 e. The highest BCUT2D eigenvalue weighted by Crippen LogP contribution is 2.16. The van der Waals surface area contributed by atoms with E-state index in [2.05, 4.69) is 98.9 Å². The molecule has 0 aromatic carbocycles. The van der Waals surface area contributed by atoms with E-state index in [4.69, 9.17) is 18.9 Å². The summed E-state index contributed by atoms with van der Waals surface area (Å²) in [6, 6.07) is 0. The molecule has 0 saturated carbocycles. The van der Waals surface area contributed by atoms with Crippen LogP contribution in [0.4, 0.5) is 0 Å². The summed E-state index contributed by atoms with van der Waals surface area (Å²) in [5.41, 5.74) is 0. The highest BCUT2D eigenvalue weighted by Gasteiger charge is 2.25. The Morgan fingerprint density at radius 3 is 1.23 bits per heavy atom. The molecular weight excluding hydrogens is 863 g/mol. The molecule has 0 aromatic heterocycles. The second kappa shape index (κ2) is 50.8. The first-order valence-corrected chi connectivity index (χ1v) is 27.8. The fourth-order valence-electron chi connectivity index (χ4n) is 7.40. The van der Waals surface area contributed by atoms with Crippen molar-refractivity contribution in [2.75, 3.05) is 47.5 Å². The molecule has 2 atom stereocenters. The molecule has 0 saturated heterocycles. The number of carboxylic acid groups (broad SMARTS) is 1. The molecule has 0 amide bonds. The molecule has 0 aromatic rings. The Morgan fingerprint density at radius 1 is 0.449 bits per heavy atom. The van der Waals surface area contributed by atoms with Gasteiger partial charge in [-0.1, -0.05) is 221 Å². The van der Waals surface area contributed by atoms with E-state index in [1.165, 1.54) is 96.3 Å². The molecule has 1 N–H and O–H groups in total. The third-order valence-corrected chi connectivity index (χ3v) is 11.7. The van der Waals surface area contributed by atoms with E-state index >= 15 is 0 Å². The van der Waals surface area contributed by atoms with Crippen LogP contribution in [-0.2, 0) is 33.3 Å². The second-order valence-corrected chi connectivity index (χ2v) is 19.5. The van der Waals surface area contributed by atoms with Crippen LogP contribution in [0.5, 0.6) is 0 Å². The highest BCUT2D eigenvalue weighted by molar-refractivity contribution is 5.71. The third-order valence-electron chi connectivity index (χ3n) is 11.7. The average molecular weight is 967 g/mol. The van der Waals surface area contributed by atoms with Crippen molar-refractivity contribution >= 4 is 17.9 Å². The van der Waals surface area contributed by atoms with Gasteiger partial charge in [0.25, 0.3) is 6.29 Å². The standard InChI is InChI=1S/C60H103NO8/c1-6-8-10-12-13-14-15-16-17-18-19-20-21-22-23-24-25-26-27-28-29-30-31-32-33-34-35-36-37-38-39-40-41-42-43-44-45-47-49-51-58(63)69-56(54-67-57(62)50-48-46-11-9-7-2)55-68-60(59(64)65)66-53-52-61(3,4)5/h8,10,13-14,16-17,19-20,22-23,25-26,28-29,56,60H,6-7,9,11-12,15,18,21,24,27,30-55H2,1-5H3/p+1/b10-8-,14-13-,17-16-,20-19-,23-22-,26-25-,29-28-. The largest absolute Gasteiger partial charge is 0.477 e. The summed E-state index contributed by atoms with van der Waals surface area (Å²) in [6.07, 6.45) is 64.5. The quantitative estimate of drug-likeness (QED) is 0.0211. The fourth-order valence-corrected chi connectivity index (χ4v) is 7.40. The molecule has 0 aliphatic carbocycles. The van der Waals surface area contributed by atoms with Gasteiger partial charge in [-0.25, -0.2) is 4.79 Å². The molecule has 0 radical (unpaired) electrons. The van der Waals surface area contributed by atoms with E-state index in [-0.39, 0.29) is 32.2 Å². The summed E-state index contributed by atoms with van der Waals surface area (Å²) in [7, 11) is 5.95. The highest BCUT2D eigenvalue weighted by atomic mass is 16.7. The number of carbonyl (C=O) groups excluding carboxylic acids is 2. The van der Waals surface area contributed by atoms with E-state index < -0.39 is 24.3 Å². The lowest BCUT2D eigenvalue weighted by Crippen LogP contribution is -2.40. The topological polar surface area (TPSA) is 108 Å². The van der Waals surface area contributed by atoms with Gasteiger partial charge in [-0.2, -0.15) is 0 Å². The first-order valence-electron chi connectivity index (χ1n) is 27.8. The molecule has 0 rings (SSSR count). The Balaban J connectivity index is 3.88. The molecule has 9 nitrogen and oxygen atoms in total. The number of unbranched alkanes of at least 4 members (excludes halogenated alkanes) is 21. The lowest BCUT2D eigenvalue weighted by Gasteiger charge is -2.25. The fraction of sp³-hybridized carbons (Fsp3) is 0.717. The summed E-state index contributed by atoms with van der Waals surface area (Å²) < 4.78 is 22.6. The molecule has 0 fully saturated rings.